The van der Waals surface area contributed by atoms with Gasteiger partial charge < -0.3 is 10.2 Å². The Bertz CT molecular complexity index is 201. The molecule has 1 aliphatic carbocycles. The van der Waals surface area contributed by atoms with Gasteiger partial charge in [0, 0.05) is 12.6 Å². The molecule has 2 rings (SSSR count). The van der Waals surface area contributed by atoms with Gasteiger partial charge in [-0.1, -0.05) is 13.3 Å². The maximum Gasteiger partial charge on any atom is 0.00953 e. The molecule has 1 saturated carbocycles. The molecule has 2 aliphatic rings. The molecule has 0 aromatic carbocycles. The van der Waals surface area contributed by atoms with Crippen LogP contribution in [0.1, 0.15) is 45.4 Å². The summed E-state index contributed by atoms with van der Waals surface area (Å²) in [4.78, 5) is 2.49. The number of piperidine rings is 1. The average molecular weight is 224 g/mol. The quantitative estimate of drug-likeness (QED) is 0.746. The topological polar surface area (TPSA) is 15.3 Å². The highest BCUT2D eigenvalue weighted by molar-refractivity contribution is 4.87. The van der Waals surface area contributed by atoms with Crippen LogP contribution in [0.5, 0.6) is 0 Å². The molecule has 0 radical (unpaired) electrons. The average Bonchev–Trinajstić information content (AvgIpc) is 3.08. The summed E-state index contributed by atoms with van der Waals surface area (Å²) < 4.78 is 0. The Labute approximate surface area is 101 Å². The van der Waals surface area contributed by atoms with E-state index in [1.807, 2.05) is 0 Å². The van der Waals surface area contributed by atoms with Crippen LogP contribution >= 0.6 is 0 Å². The Morgan fingerprint density at radius 2 is 2.12 bits per heavy atom. The maximum absolute atomic E-state index is 3.85. The molecule has 0 spiro atoms. The van der Waals surface area contributed by atoms with E-state index in [-0.39, 0.29) is 0 Å². The van der Waals surface area contributed by atoms with Gasteiger partial charge in [-0.2, -0.15) is 0 Å². The fraction of sp³-hybridized carbons (Fsp3) is 1.00. The Morgan fingerprint density at radius 3 is 2.75 bits per heavy atom. The third-order valence-corrected chi connectivity index (χ3v) is 4.18. The molecule has 2 atom stereocenters. The van der Waals surface area contributed by atoms with Crippen molar-refractivity contribution in [1.29, 1.82) is 0 Å². The molecule has 0 amide bonds. The van der Waals surface area contributed by atoms with Gasteiger partial charge in [-0.25, -0.2) is 0 Å². The standard InChI is InChI=1S/C14H28N2/c1-3-5-14(13-7-8-13)15-10-12-6-4-9-16(2)11-12/h12-15H,3-11H2,1-2H3. The van der Waals surface area contributed by atoms with E-state index in [4.69, 9.17) is 0 Å². The van der Waals surface area contributed by atoms with Crippen molar-refractivity contribution >= 4 is 0 Å². The van der Waals surface area contributed by atoms with E-state index in [2.05, 4.69) is 24.2 Å². The third-order valence-electron chi connectivity index (χ3n) is 4.18. The minimum atomic E-state index is 0.831. The molecule has 0 aromatic heterocycles. The second-order valence-electron chi connectivity index (χ2n) is 5.91. The second kappa shape index (κ2) is 6.02. The van der Waals surface area contributed by atoms with Crippen molar-refractivity contribution in [3.05, 3.63) is 0 Å². The SMILES string of the molecule is CCCC(NCC1CCCN(C)C1)C1CC1. The highest BCUT2D eigenvalue weighted by Crippen LogP contribution is 2.34. The highest BCUT2D eigenvalue weighted by Gasteiger charge is 2.30. The first kappa shape index (κ1) is 12.4. The minimum Gasteiger partial charge on any atom is -0.313 e. The molecular weight excluding hydrogens is 196 g/mol. The summed E-state index contributed by atoms with van der Waals surface area (Å²) in [5.74, 6) is 1.91. The first-order chi connectivity index (χ1) is 7.79. The molecule has 94 valence electrons. The van der Waals surface area contributed by atoms with Crippen LogP contribution in [-0.4, -0.2) is 37.6 Å². The van der Waals surface area contributed by atoms with Crippen molar-refractivity contribution in [3.63, 3.8) is 0 Å². The number of hydrogen-bond donors (Lipinski definition) is 1. The molecule has 2 nitrogen and oxygen atoms in total. The second-order valence-corrected chi connectivity index (χ2v) is 5.91. The predicted molar refractivity (Wildman–Crippen MR) is 69.6 cm³/mol. The molecule has 1 heterocycles. The normalized spacial score (nSPS) is 29.2. The number of nitrogens with one attached hydrogen (secondary N) is 1. The largest absolute Gasteiger partial charge is 0.313 e. The van der Waals surface area contributed by atoms with Crippen LogP contribution in [0.3, 0.4) is 0 Å². The van der Waals surface area contributed by atoms with E-state index in [1.165, 1.54) is 58.2 Å². The van der Waals surface area contributed by atoms with Gasteiger partial charge in [-0.05, 0) is 64.1 Å². The number of likely N-dealkylation sites (tertiary alicyclic amines) is 1. The van der Waals surface area contributed by atoms with E-state index < -0.39 is 0 Å². The summed E-state index contributed by atoms with van der Waals surface area (Å²) in [5.41, 5.74) is 0. The molecule has 16 heavy (non-hydrogen) atoms. The molecule has 1 saturated heterocycles. The molecule has 2 heteroatoms. The van der Waals surface area contributed by atoms with Gasteiger partial charge in [-0.15, -0.1) is 0 Å². The van der Waals surface area contributed by atoms with Crippen molar-refractivity contribution in [2.45, 2.75) is 51.5 Å². The van der Waals surface area contributed by atoms with E-state index >= 15 is 0 Å². The molecule has 1 N–H and O–H groups in total. The lowest BCUT2D eigenvalue weighted by molar-refractivity contribution is 0.200. The van der Waals surface area contributed by atoms with Crippen molar-refractivity contribution in [3.8, 4) is 0 Å². The summed E-state index contributed by atoms with van der Waals surface area (Å²) in [6.45, 7) is 6.17. The Kier molecular flexibility index (Phi) is 4.66. The number of rotatable bonds is 6. The van der Waals surface area contributed by atoms with E-state index in [0.29, 0.717) is 0 Å². The molecule has 2 unspecified atom stereocenters. The van der Waals surface area contributed by atoms with Gasteiger partial charge in [-0.3, -0.25) is 0 Å². The van der Waals surface area contributed by atoms with Crippen LogP contribution in [0.4, 0.5) is 0 Å². The van der Waals surface area contributed by atoms with Gasteiger partial charge in [0.25, 0.3) is 0 Å². The zero-order chi connectivity index (χ0) is 11.4. The van der Waals surface area contributed by atoms with Gasteiger partial charge in [0.1, 0.15) is 0 Å². The van der Waals surface area contributed by atoms with Crippen LogP contribution in [-0.2, 0) is 0 Å². The lowest BCUT2D eigenvalue weighted by Crippen LogP contribution is -2.41. The number of nitrogens with zero attached hydrogens (tertiary/aromatic N) is 1. The Hall–Kier alpha value is -0.0800. The van der Waals surface area contributed by atoms with E-state index in [0.717, 1.165) is 17.9 Å². The molecule has 0 aromatic rings. The van der Waals surface area contributed by atoms with Crippen molar-refractivity contribution in [2.75, 3.05) is 26.7 Å². The first-order valence-corrected chi connectivity index (χ1v) is 7.21. The Balaban J connectivity index is 1.67. The summed E-state index contributed by atoms with van der Waals surface area (Å²) in [6.07, 6.45) is 8.49. The van der Waals surface area contributed by atoms with Gasteiger partial charge in [0.2, 0.25) is 0 Å². The van der Waals surface area contributed by atoms with Crippen molar-refractivity contribution < 1.29 is 0 Å². The third kappa shape index (κ3) is 3.74. The van der Waals surface area contributed by atoms with Crippen LogP contribution in [0.15, 0.2) is 0 Å². The van der Waals surface area contributed by atoms with Crippen molar-refractivity contribution in [1.82, 2.24) is 10.2 Å². The zero-order valence-electron chi connectivity index (χ0n) is 11.0. The first-order valence-electron chi connectivity index (χ1n) is 7.21. The van der Waals surface area contributed by atoms with Gasteiger partial charge in [0.15, 0.2) is 0 Å². The van der Waals surface area contributed by atoms with Crippen LogP contribution in [0, 0.1) is 11.8 Å². The monoisotopic (exact) mass is 224 g/mol. The van der Waals surface area contributed by atoms with Gasteiger partial charge >= 0.3 is 0 Å². The minimum absolute atomic E-state index is 0.831. The zero-order valence-corrected chi connectivity index (χ0v) is 11.0. The van der Waals surface area contributed by atoms with Gasteiger partial charge in [0.05, 0.1) is 0 Å². The van der Waals surface area contributed by atoms with Crippen LogP contribution in [0.2, 0.25) is 0 Å². The summed E-state index contributed by atoms with van der Waals surface area (Å²) >= 11 is 0. The fourth-order valence-electron chi connectivity index (χ4n) is 3.07. The van der Waals surface area contributed by atoms with Crippen molar-refractivity contribution in [2.24, 2.45) is 11.8 Å². The Morgan fingerprint density at radius 1 is 1.31 bits per heavy atom. The number of hydrogen-bond acceptors (Lipinski definition) is 2. The maximum atomic E-state index is 3.85. The summed E-state index contributed by atoms with van der Waals surface area (Å²) in [6, 6.07) is 0.831. The summed E-state index contributed by atoms with van der Waals surface area (Å²) in [7, 11) is 2.26. The molecule has 0 bridgehead atoms. The molecular formula is C14H28N2. The predicted octanol–water partition coefficient (Wildman–Crippen LogP) is 2.50. The van der Waals surface area contributed by atoms with E-state index in [1.54, 1.807) is 0 Å². The smallest absolute Gasteiger partial charge is 0.00953 e. The van der Waals surface area contributed by atoms with Crippen LogP contribution in [0.25, 0.3) is 0 Å². The lowest BCUT2D eigenvalue weighted by atomic mass is 9.97. The fourth-order valence-corrected chi connectivity index (χ4v) is 3.07. The summed E-state index contributed by atoms with van der Waals surface area (Å²) in [5, 5.41) is 3.85. The molecule has 2 fully saturated rings. The lowest BCUT2D eigenvalue weighted by Gasteiger charge is -2.31. The highest BCUT2D eigenvalue weighted by atomic mass is 15.1. The van der Waals surface area contributed by atoms with Crippen LogP contribution < -0.4 is 5.32 Å². The van der Waals surface area contributed by atoms with E-state index in [9.17, 15) is 0 Å². The molecule has 1 aliphatic heterocycles.